The van der Waals surface area contributed by atoms with Gasteiger partial charge in [0.15, 0.2) is 6.10 Å². The van der Waals surface area contributed by atoms with Gasteiger partial charge in [-0.3, -0.25) is 9.10 Å². The molecule has 162 valence electrons. The van der Waals surface area contributed by atoms with Crippen molar-refractivity contribution in [3.05, 3.63) is 59.7 Å². The summed E-state index contributed by atoms with van der Waals surface area (Å²) in [5, 5.41) is 3.00. The molecule has 1 heterocycles. The average molecular weight is 431 g/mol. The number of para-hydroxylation sites is 2. The van der Waals surface area contributed by atoms with E-state index in [0.717, 1.165) is 11.8 Å². The van der Waals surface area contributed by atoms with Gasteiger partial charge in [-0.1, -0.05) is 57.2 Å². The maximum Gasteiger partial charge on any atom is 0.261 e. The van der Waals surface area contributed by atoms with E-state index < -0.39 is 16.1 Å². The summed E-state index contributed by atoms with van der Waals surface area (Å²) < 4.78 is 31.6. The summed E-state index contributed by atoms with van der Waals surface area (Å²) in [6.45, 7) is 8.59. The SMILES string of the molecule is C[C@H](NC(=O)[C@H]1CCN(S(C)(=O)=O)c2ccccc2O1)c1ccc(C(C)(C)C)cc1. The van der Waals surface area contributed by atoms with Crippen LogP contribution in [0.5, 0.6) is 5.75 Å². The fourth-order valence-corrected chi connectivity index (χ4v) is 4.47. The molecule has 0 spiro atoms. The van der Waals surface area contributed by atoms with Gasteiger partial charge in [-0.2, -0.15) is 0 Å². The van der Waals surface area contributed by atoms with Crippen molar-refractivity contribution < 1.29 is 17.9 Å². The number of carbonyl (C=O) groups is 1. The van der Waals surface area contributed by atoms with Crippen molar-refractivity contribution in [1.29, 1.82) is 0 Å². The number of anilines is 1. The maximum atomic E-state index is 12.9. The van der Waals surface area contributed by atoms with E-state index in [0.29, 0.717) is 11.4 Å². The quantitative estimate of drug-likeness (QED) is 0.801. The van der Waals surface area contributed by atoms with Crippen molar-refractivity contribution in [2.24, 2.45) is 0 Å². The average Bonchev–Trinajstić information content (AvgIpc) is 2.87. The number of benzene rings is 2. The van der Waals surface area contributed by atoms with Gasteiger partial charge in [0.05, 0.1) is 18.0 Å². The van der Waals surface area contributed by atoms with Crippen molar-refractivity contribution in [3.8, 4) is 5.75 Å². The topological polar surface area (TPSA) is 75.7 Å². The highest BCUT2D eigenvalue weighted by molar-refractivity contribution is 7.92. The van der Waals surface area contributed by atoms with E-state index >= 15 is 0 Å². The largest absolute Gasteiger partial charge is 0.478 e. The molecule has 6 nitrogen and oxygen atoms in total. The fraction of sp³-hybridized carbons (Fsp3) is 0.435. The molecule has 30 heavy (non-hydrogen) atoms. The molecule has 1 aliphatic rings. The third kappa shape index (κ3) is 4.95. The Morgan fingerprint density at radius 3 is 2.37 bits per heavy atom. The number of nitrogens with one attached hydrogen (secondary N) is 1. The Balaban J connectivity index is 1.74. The molecular formula is C23H30N2O4S. The lowest BCUT2D eigenvalue weighted by molar-refractivity contribution is -0.128. The Morgan fingerprint density at radius 2 is 1.77 bits per heavy atom. The lowest BCUT2D eigenvalue weighted by atomic mass is 9.86. The number of hydrogen-bond acceptors (Lipinski definition) is 4. The summed E-state index contributed by atoms with van der Waals surface area (Å²) in [7, 11) is -3.47. The van der Waals surface area contributed by atoms with E-state index in [9.17, 15) is 13.2 Å². The highest BCUT2D eigenvalue weighted by Gasteiger charge is 2.31. The van der Waals surface area contributed by atoms with E-state index in [1.165, 1.54) is 9.87 Å². The van der Waals surface area contributed by atoms with Crippen LogP contribution in [0.2, 0.25) is 0 Å². The fourth-order valence-electron chi connectivity index (χ4n) is 3.52. The predicted octanol–water partition coefficient (Wildman–Crippen LogP) is 3.78. The number of sulfonamides is 1. The van der Waals surface area contributed by atoms with E-state index in [2.05, 4.69) is 38.2 Å². The van der Waals surface area contributed by atoms with E-state index in [1.54, 1.807) is 24.3 Å². The zero-order chi connectivity index (χ0) is 22.1. The Kier molecular flexibility index (Phi) is 6.13. The van der Waals surface area contributed by atoms with E-state index in [-0.39, 0.29) is 30.3 Å². The second-order valence-electron chi connectivity index (χ2n) is 8.80. The first-order valence-electron chi connectivity index (χ1n) is 10.1. The van der Waals surface area contributed by atoms with Gasteiger partial charge in [-0.05, 0) is 35.6 Å². The van der Waals surface area contributed by atoms with Crippen molar-refractivity contribution in [3.63, 3.8) is 0 Å². The molecule has 7 heteroatoms. The Bertz CT molecular complexity index is 1010. The van der Waals surface area contributed by atoms with Gasteiger partial charge in [-0.25, -0.2) is 8.42 Å². The predicted molar refractivity (Wildman–Crippen MR) is 119 cm³/mol. The van der Waals surface area contributed by atoms with Crippen LogP contribution in [0.3, 0.4) is 0 Å². The summed E-state index contributed by atoms with van der Waals surface area (Å²) in [4.78, 5) is 12.9. The zero-order valence-corrected chi connectivity index (χ0v) is 19.0. The lowest BCUT2D eigenvalue weighted by Crippen LogP contribution is -2.40. The number of carbonyl (C=O) groups excluding carboxylic acids is 1. The van der Waals surface area contributed by atoms with Crippen LogP contribution in [0.25, 0.3) is 0 Å². The third-order valence-corrected chi connectivity index (χ3v) is 6.51. The van der Waals surface area contributed by atoms with Gasteiger partial charge in [0.25, 0.3) is 5.91 Å². The van der Waals surface area contributed by atoms with Crippen LogP contribution in [-0.4, -0.2) is 33.2 Å². The molecule has 0 aromatic heterocycles. The first-order chi connectivity index (χ1) is 14.0. The van der Waals surface area contributed by atoms with Crippen molar-refractivity contribution in [2.45, 2.75) is 51.7 Å². The molecule has 0 bridgehead atoms. The minimum atomic E-state index is -3.47. The molecule has 0 saturated heterocycles. The molecule has 0 saturated carbocycles. The molecule has 2 aromatic rings. The molecule has 0 aliphatic carbocycles. The Hall–Kier alpha value is -2.54. The minimum absolute atomic E-state index is 0.0675. The van der Waals surface area contributed by atoms with Crippen LogP contribution in [0.1, 0.15) is 51.3 Å². The molecule has 0 fully saturated rings. The normalized spacial score (nSPS) is 18.0. The number of nitrogens with zero attached hydrogens (tertiary/aromatic N) is 1. The first-order valence-corrected chi connectivity index (χ1v) is 12.0. The second-order valence-corrected chi connectivity index (χ2v) is 10.7. The van der Waals surface area contributed by atoms with Crippen LogP contribution in [0.4, 0.5) is 5.69 Å². The van der Waals surface area contributed by atoms with Crippen molar-refractivity contribution in [1.82, 2.24) is 5.32 Å². The number of amides is 1. The molecular weight excluding hydrogens is 400 g/mol. The van der Waals surface area contributed by atoms with Crippen LogP contribution in [0.15, 0.2) is 48.5 Å². The number of fused-ring (bicyclic) bond motifs is 1. The number of rotatable bonds is 4. The highest BCUT2D eigenvalue weighted by Crippen LogP contribution is 2.34. The molecule has 2 atom stereocenters. The summed E-state index contributed by atoms with van der Waals surface area (Å²) >= 11 is 0. The molecule has 2 aromatic carbocycles. The Morgan fingerprint density at radius 1 is 1.13 bits per heavy atom. The van der Waals surface area contributed by atoms with E-state index in [4.69, 9.17) is 4.74 Å². The van der Waals surface area contributed by atoms with Gasteiger partial charge in [-0.15, -0.1) is 0 Å². The smallest absolute Gasteiger partial charge is 0.261 e. The molecule has 3 rings (SSSR count). The molecule has 1 N–H and O–H groups in total. The maximum absolute atomic E-state index is 12.9. The van der Waals surface area contributed by atoms with Crippen LogP contribution >= 0.6 is 0 Å². The highest BCUT2D eigenvalue weighted by atomic mass is 32.2. The molecule has 1 amide bonds. The molecule has 0 radical (unpaired) electrons. The summed E-state index contributed by atoms with van der Waals surface area (Å²) in [6.07, 6.45) is 0.658. The number of ether oxygens (including phenoxy) is 1. The van der Waals surface area contributed by atoms with Crippen LogP contribution in [-0.2, 0) is 20.2 Å². The second kappa shape index (κ2) is 8.30. The number of hydrogen-bond donors (Lipinski definition) is 1. The first kappa shape index (κ1) is 22.2. The Labute approximate surface area is 179 Å². The van der Waals surface area contributed by atoms with Gasteiger partial charge in [0.2, 0.25) is 10.0 Å². The summed E-state index contributed by atoms with van der Waals surface area (Å²) in [5.41, 5.74) is 2.76. The lowest BCUT2D eigenvalue weighted by Gasteiger charge is -2.22. The zero-order valence-electron chi connectivity index (χ0n) is 18.2. The summed E-state index contributed by atoms with van der Waals surface area (Å²) in [5.74, 6) is 0.135. The van der Waals surface area contributed by atoms with Crippen molar-refractivity contribution >= 4 is 21.6 Å². The molecule has 0 unspecified atom stereocenters. The van der Waals surface area contributed by atoms with E-state index in [1.807, 2.05) is 19.1 Å². The van der Waals surface area contributed by atoms with Gasteiger partial charge >= 0.3 is 0 Å². The van der Waals surface area contributed by atoms with Gasteiger partial charge in [0, 0.05) is 13.0 Å². The van der Waals surface area contributed by atoms with Gasteiger partial charge in [0.1, 0.15) is 5.75 Å². The monoisotopic (exact) mass is 430 g/mol. The van der Waals surface area contributed by atoms with Crippen molar-refractivity contribution in [2.75, 3.05) is 17.1 Å². The summed E-state index contributed by atoms with van der Waals surface area (Å²) in [6, 6.07) is 14.9. The minimum Gasteiger partial charge on any atom is -0.478 e. The van der Waals surface area contributed by atoms with Crippen LogP contribution in [0, 0.1) is 0 Å². The molecule has 1 aliphatic heterocycles. The van der Waals surface area contributed by atoms with Gasteiger partial charge < -0.3 is 10.1 Å². The standard InChI is InChI=1S/C23H30N2O4S/c1-16(17-10-12-18(13-11-17)23(2,3)4)24-22(26)21-14-15-25(30(5,27)28)19-8-6-7-9-20(19)29-21/h6-13,16,21H,14-15H2,1-5H3,(H,24,26)/t16-,21+/m0/s1. The third-order valence-electron chi connectivity index (χ3n) is 5.33. The van der Waals surface area contributed by atoms with Crippen LogP contribution < -0.4 is 14.4 Å².